The van der Waals surface area contributed by atoms with Gasteiger partial charge in [0.05, 0.1) is 18.4 Å². The number of fused-ring (bicyclic) bond motifs is 7. The molecule has 10 nitrogen and oxygen atoms in total. The van der Waals surface area contributed by atoms with Gasteiger partial charge in [0.2, 0.25) is 11.7 Å². The summed E-state index contributed by atoms with van der Waals surface area (Å²) in [7, 11) is 0. The summed E-state index contributed by atoms with van der Waals surface area (Å²) in [6.45, 7) is 20.4. The highest BCUT2D eigenvalue weighted by Crippen LogP contribution is 2.77. The van der Waals surface area contributed by atoms with Gasteiger partial charge in [0, 0.05) is 34.3 Å². The molecular weight excluding hydrogens is 811 g/mol. The average Bonchev–Trinajstić information content (AvgIpc) is 3.46. The fourth-order valence-electron chi connectivity index (χ4n) is 14.9. The van der Waals surface area contributed by atoms with E-state index in [0.717, 1.165) is 56.1 Å². The third kappa shape index (κ3) is 7.16. The summed E-state index contributed by atoms with van der Waals surface area (Å²) in [6, 6.07) is 5.93. The molecule has 7 rings (SSSR count). The molecule has 342 valence electrons. The van der Waals surface area contributed by atoms with E-state index in [1.54, 1.807) is 0 Å². The van der Waals surface area contributed by atoms with Crippen LogP contribution in [-0.4, -0.2) is 64.3 Å². The van der Waals surface area contributed by atoms with Crippen LogP contribution < -0.4 is 10.6 Å². The lowest BCUT2D eigenvalue weighted by Gasteiger charge is -2.72. The number of carbonyl (C=O) groups excluding carboxylic acids is 4. The lowest BCUT2D eigenvalue weighted by Crippen LogP contribution is -2.66. The van der Waals surface area contributed by atoms with Crippen molar-refractivity contribution in [2.45, 2.75) is 158 Å². The molecule has 62 heavy (non-hydrogen) atoms. The van der Waals surface area contributed by atoms with Crippen molar-refractivity contribution in [2.75, 3.05) is 6.54 Å². The predicted octanol–water partition coefficient (Wildman–Crippen LogP) is 9.26. The number of amides is 2. The van der Waals surface area contributed by atoms with Crippen LogP contribution in [0.15, 0.2) is 35.4 Å². The van der Waals surface area contributed by atoms with Gasteiger partial charge in [0.1, 0.15) is 12.2 Å². The number of aliphatic hydroxyl groups excluding tert-OH is 1. The SMILES string of the molecule is CC(C)C1=C2[C@H]3CC[C@@H]4[C@@]5(C)CC[C@H](OC(=O)[C@H]6C[C@@H](C(=O)O)C6(C)C)C(C)(C)[C@@H]5CC[C@@]4(C)[C@]3(C)CC[C@@]2(CC(=O)NCC(F)(NC(=O)c2ccc(Cl)cc2)C(C)O)CC1=O. The number of carboxylic acid groups (broad SMARTS) is 1. The fraction of sp³-hybridized carbons (Fsp3) is 0.740. The van der Waals surface area contributed by atoms with Crippen LogP contribution in [0.1, 0.15) is 150 Å². The van der Waals surface area contributed by atoms with Gasteiger partial charge in [-0.3, -0.25) is 24.0 Å². The first-order chi connectivity index (χ1) is 28.7. The number of alkyl halides is 1. The Kier molecular flexibility index (Phi) is 11.8. The maximum absolute atomic E-state index is 16.3. The molecule has 0 aromatic heterocycles. The van der Waals surface area contributed by atoms with Crippen LogP contribution in [0.2, 0.25) is 5.02 Å². The van der Waals surface area contributed by atoms with Gasteiger partial charge in [0.25, 0.3) is 5.91 Å². The molecule has 2 amide bonds. The first-order valence-corrected chi connectivity index (χ1v) is 23.5. The standard InChI is InChI=1S/C50H70ClFN2O8/c1-27(2)39-34(56)24-49(25-38(57)53-26-50(52,28(3)55)54-41(58)29-11-13-30(51)14-12-29)22-21-47(9)31(40(39)49)15-16-36-46(8)19-18-37(45(6,7)35(46)17-20-48(36,47)10)62-43(61)33-23-32(42(59)60)44(33,4)5/h11-14,27-28,31-33,35-37,55H,15-26H2,1-10H3,(H,53,57)(H,54,58)(H,59,60)/t28?,31-,32+,33-,35+,36-,37+,46+,47-,48-,49+,50?/m1/s1. The second-order valence-corrected chi connectivity index (χ2v) is 23.2. The molecular formula is C50H70ClFN2O8. The molecule has 0 aliphatic heterocycles. The Morgan fingerprint density at radius 1 is 0.871 bits per heavy atom. The average molecular weight is 882 g/mol. The minimum atomic E-state index is -2.65. The van der Waals surface area contributed by atoms with E-state index < -0.39 is 58.9 Å². The number of aliphatic carboxylic acids is 1. The quantitative estimate of drug-likeness (QED) is 0.127. The summed E-state index contributed by atoms with van der Waals surface area (Å²) in [5, 5.41) is 25.6. The van der Waals surface area contributed by atoms with Gasteiger partial charge in [0.15, 0.2) is 5.78 Å². The van der Waals surface area contributed by atoms with Gasteiger partial charge in [-0.15, -0.1) is 0 Å². The predicted molar refractivity (Wildman–Crippen MR) is 234 cm³/mol. The first kappa shape index (κ1) is 46.7. The minimum Gasteiger partial charge on any atom is -0.481 e. The molecule has 12 atom stereocenters. The number of carboxylic acids is 1. The van der Waals surface area contributed by atoms with E-state index in [1.165, 1.54) is 31.2 Å². The van der Waals surface area contributed by atoms with Crippen LogP contribution in [0.4, 0.5) is 4.39 Å². The highest BCUT2D eigenvalue weighted by atomic mass is 35.5. The Morgan fingerprint density at radius 3 is 2.13 bits per heavy atom. The zero-order valence-corrected chi connectivity index (χ0v) is 39.3. The number of hydrogen-bond acceptors (Lipinski definition) is 7. The molecule has 6 aliphatic carbocycles. The van der Waals surface area contributed by atoms with E-state index in [0.29, 0.717) is 29.7 Å². The molecule has 4 N–H and O–H groups in total. The van der Waals surface area contributed by atoms with E-state index in [2.05, 4.69) is 59.1 Å². The van der Waals surface area contributed by atoms with Crippen LogP contribution in [0.25, 0.3) is 0 Å². The number of Topliss-reactive ketones (excluding diaryl/α,β-unsaturated/α-hetero) is 1. The van der Waals surface area contributed by atoms with Crippen molar-refractivity contribution in [2.24, 2.45) is 68.0 Å². The molecule has 0 radical (unpaired) electrons. The number of aliphatic hydroxyl groups is 1. The Labute approximate surface area is 372 Å². The monoisotopic (exact) mass is 880 g/mol. The highest BCUT2D eigenvalue weighted by Gasteiger charge is 2.70. The summed E-state index contributed by atoms with van der Waals surface area (Å²) in [5.41, 5.74) is 0.270. The molecule has 12 heteroatoms. The molecule has 1 aromatic rings. The molecule has 5 saturated carbocycles. The maximum atomic E-state index is 16.3. The molecule has 5 fully saturated rings. The van der Waals surface area contributed by atoms with Crippen molar-refractivity contribution in [3.05, 3.63) is 46.0 Å². The van der Waals surface area contributed by atoms with Crippen molar-refractivity contribution in [1.29, 1.82) is 0 Å². The minimum absolute atomic E-state index is 0.0150. The van der Waals surface area contributed by atoms with E-state index in [-0.39, 0.29) is 69.8 Å². The van der Waals surface area contributed by atoms with Crippen molar-refractivity contribution in [3.8, 4) is 0 Å². The summed E-state index contributed by atoms with van der Waals surface area (Å²) >= 11 is 5.96. The van der Waals surface area contributed by atoms with E-state index in [9.17, 15) is 34.2 Å². The number of ether oxygens (including phenoxy) is 1. The number of ketones is 1. The van der Waals surface area contributed by atoms with Crippen LogP contribution in [0, 0.1) is 68.0 Å². The second-order valence-electron chi connectivity index (χ2n) is 22.7. The third-order valence-corrected chi connectivity index (χ3v) is 19.0. The number of hydrogen-bond donors (Lipinski definition) is 4. The number of esters is 1. The largest absolute Gasteiger partial charge is 0.481 e. The third-order valence-electron chi connectivity index (χ3n) is 18.8. The maximum Gasteiger partial charge on any atom is 0.309 e. The zero-order valence-electron chi connectivity index (χ0n) is 38.5. The number of rotatable bonds is 11. The molecule has 6 aliphatic rings. The first-order valence-electron chi connectivity index (χ1n) is 23.1. The summed E-state index contributed by atoms with van der Waals surface area (Å²) in [5.74, 6) is -5.08. The van der Waals surface area contributed by atoms with Crippen molar-refractivity contribution in [1.82, 2.24) is 10.6 Å². The van der Waals surface area contributed by atoms with Crippen LogP contribution in [0.5, 0.6) is 0 Å². The smallest absolute Gasteiger partial charge is 0.309 e. The molecule has 1 aromatic carbocycles. The zero-order chi connectivity index (χ0) is 45.7. The van der Waals surface area contributed by atoms with Gasteiger partial charge in [-0.05, 0) is 140 Å². The summed E-state index contributed by atoms with van der Waals surface area (Å²) < 4.78 is 22.7. The van der Waals surface area contributed by atoms with E-state index >= 15 is 4.39 Å². The lowest BCUT2D eigenvalue weighted by atomic mass is 9.33. The molecule has 2 unspecified atom stereocenters. The van der Waals surface area contributed by atoms with Crippen molar-refractivity contribution >= 4 is 41.1 Å². The molecule has 0 bridgehead atoms. The number of allylic oxidation sites excluding steroid dienone is 2. The van der Waals surface area contributed by atoms with Gasteiger partial charge in [-0.2, -0.15) is 0 Å². The van der Waals surface area contributed by atoms with E-state index in [1.807, 2.05) is 13.8 Å². The van der Waals surface area contributed by atoms with Gasteiger partial charge in [-0.1, -0.05) is 79.5 Å². The van der Waals surface area contributed by atoms with Crippen LogP contribution >= 0.6 is 11.6 Å². The highest BCUT2D eigenvalue weighted by molar-refractivity contribution is 6.30. The van der Waals surface area contributed by atoms with Crippen LogP contribution in [0.3, 0.4) is 0 Å². The molecule has 0 heterocycles. The lowest BCUT2D eigenvalue weighted by molar-refractivity contribution is -0.236. The Bertz CT molecular complexity index is 2050. The second kappa shape index (κ2) is 15.7. The number of carbonyl (C=O) groups is 5. The summed E-state index contributed by atoms with van der Waals surface area (Å²) in [6.07, 6.45) is 5.71. The molecule has 0 spiro atoms. The van der Waals surface area contributed by atoms with Gasteiger partial charge >= 0.3 is 11.9 Å². The van der Waals surface area contributed by atoms with E-state index in [4.69, 9.17) is 16.3 Å². The van der Waals surface area contributed by atoms with Gasteiger partial charge in [-0.25, -0.2) is 4.39 Å². The number of nitrogens with one attached hydrogen (secondary N) is 2. The van der Waals surface area contributed by atoms with Crippen LogP contribution in [-0.2, 0) is 23.9 Å². The summed E-state index contributed by atoms with van der Waals surface area (Å²) in [4.78, 5) is 66.6. The number of benzene rings is 1. The fourth-order valence-corrected chi connectivity index (χ4v) is 15.0. The van der Waals surface area contributed by atoms with Gasteiger partial charge < -0.3 is 25.6 Å². The molecule has 0 saturated heterocycles. The van der Waals surface area contributed by atoms with Crippen molar-refractivity contribution in [3.63, 3.8) is 0 Å². The Balaban J connectivity index is 1.10. The van der Waals surface area contributed by atoms with Crippen molar-refractivity contribution < 1.29 is 43.3 Å². The Morgan fingerprint density at radius 2 is 1.53 bits per heavy atom. The Hall–Kier alpha value is -3.31. The topological polar surface area (TPSA) is 159 Å². The number of halogens is 2. The normalized spacial score (nSPS) is 38.3.